The lowest BCUT2D eigenvalue weighted by atomic mass is 9.90. The Morgan fingerprint density at radius 3 is 1.85 bits per heavy atom. The molecule has 0 aliphatic heterocycles. The predicted octanol–water partition coefficient (Wildman–Crippen LogP) is 2.30. The number of hydrogen-bond donors (Lipinski definition) is 2. The van der Waals surface area contributed by atoms with E-state index in [9.17, 15) is 0 Å². The normalized spacial score (nSPS) is 13.6. The van der Waals surface area contributed by atoms with Crippen molar-refractivity contribution in [3.8, 4) is 0 Å². The minimum absolute atomic E-state index is 0.00176. The first kappa shape index (κ1) is 12.9. The second-order valence-corrected chi connectivity index (χ2v) is 3.89. The van der Waals surface area contributed by atoms with Crippen molar-refractivity contribution >= 4 is 0 Å². The molecule has 0 radical (unpaired) electrons. The Bertz CT molecular complexity index is 98.3. The predicted molar refractivity (Wildman–Crippen MR) is 57.6 cm³/mol. The maximum Gasteiger partial charge on any atom is 0.0585 e. The Hall–Kier alpha value is -0.0800. The van der Waals surface area contributed by atoms with Crippen LogP contribution in [0.1, 0.15) is 52.4 Å². The third kappa shape index (κ3) is 6.05. The fourth-order valence-electron chi connectivity index (χ4n) is 1.65. The summed E-state index contributed by atoms with van der Waals surface area (Å²) in [5, 5.41) is 8.98. The summed E-state index contributed by atoms with van der Waals surface area (Å²) in [6.07, 6.45) is 7.28. The van der Waals surface area contributed by atoms with Gasteiger partial charge in [0.15, 0.2) is 0 Å². The van der Waals surface area contributed by atoms with Gasteiger partial charge in [0.05, 0.1) is 6.61 Å². The van der Waals surface area contributed by atoms with E-state index in [1.807, 2.05) is 0 Å². The van der Waals surface area contributed by atoms with Gasteiger partial charge in [0.25, 0.3) is 0 Å². The Morgan fingerprint density at radius 1 is 1.08 bits per heavy atom. The summed E-state index contributed by atoms with van der Waals surface area (Å²) in [6, 6.07) is -0.00176. The highest BCUT2D eigenvalue weighted by Gasteiger charge is 2.15. The van der Waals surface area contributed by atoms with E-state index in [1.165, 1.54) is 38.5 Å². The van der Waals surface area contributed by atoms with Crippen molar-refractivity contribution in [3.63, 3.8) is 0 Å². The van der Waals surface area contributed by atoms with Crippen molar-refractivity contribution < 1.29 is 5.11 Å². The third-order valence-corrected chi connectivity index (χ3v) is 2.67. The molecule has 2 heteroatoms. The minimum atomic E-state index is -0.00176. The van der Waals surface area contributed by atoms with Crippen LogP contribution in [0.4, 0.5) is 0 Å². The first-order chi connectivity index (χ1) is 6.26. The zero-order valence-corrected chi connectivity index (χ0v) is 9.13. The first-order valence-electron chi connectivity index (χ1n) is 5.62. The van der Waals surface area contributed by atoms with Crippen LogP contribution < -0.4 is 5.73 Å². The van der Waals surface area contributed by atoms with Gasteiger partial charge in [0.2, 0.25) is 0 Å². The number of hydrogen-bond acceptors (Lipinski definition) is 2. The molecule has 0 aromatic heterocycles. The topological polar surface area (TPSA) is 46.2 Å². The quantitative estimate of drug-likeness (QED) is 0.612. The third-order valence-electron chi connectivity index (χ3n) is 2.67. The molecule has 0 aromatic rings. The van der Waals surface area contributed by atoms with Gasteiger partial charge in [0, 0.05) is 6.04 Å². The molecule has 1 atom stereocenters. The maximum absolute atomic E-state index is 8.98. The molecule has 0 saturated heterocycles. The molecule has 0 saturated carbocycles. The van der Waals surface area contributed by atoms with E-state index in [-0.39, 0.29) is 12.6 Å². The van der Waals surface area contributed by atoms with Crippen LogP contribution in [-0.4, -0.2) is 17.8 Å². The van der Waals surface area contributed by atoms with Crippen LogP contribution in [0.25, 0.3) is 0 Å². The highest BCUT2D eigenvalue weighted by molar-refractivity contribution is 4.71. The van der Waals surface area contributed by atoms with Gasteiger partial charge in [-0.05, 0) is 18.8 Å². The highest BCUT2D eigenvalue weighted by atomic mass is 16.3. The fraction of sp³-hybridized carbons (Fsp3) is 1.00. The van der Waals surface area contributed by atoms with Gasteiger partial charge in [-0.25, -0.2) is 0 Å². The van der Waals surface area contributed by atoms with Crippen LogP contribution in [0.15, 0.2) is 0 Å². The van der Waals surface area contributed by atoms with Crippen LogP contribution in [-0.2, 0) is 0 Å². The van der Waals surface area contributed by atoms with Crippen molar-refractivity contribution in [3.05, 3.63) is 0 Å². The lowest BCUT2D eigenvalue weighted by Crippen LogP contribution is -2.33. The van der Waals surface area contributed by atoms with Gasteiger partial charge in [-0.1, -0.05) is 39.5 Å². The summed E-state index contributed by atoms with van der Waals surface area (Å²) in [6.45, 7) is 4.53. The minimum Gasteiger partial charge on any atom is -0.395 e. The standard InChI is InChI=1S/C11H25NO/c1-3-5-7-10(8-6-4-2)11(12)9-13/h10-11,13H,3-9,12H2,1-2H3/t11-/m1/s1. The molecule has 3 N–H and O–H groups in total. The molecule has 0 aliphatic rings. The Morgan fingerprint density at radius 2 is 1.54 bits per heavy atom. The van der Waals surface area contributed by atoms with Gasteiger partial charge in [0.1, 0.15) is 0 Å². The van der Waals surface area contributed by atoms with Gasteiger partial charge in [-0.3, -0.25) is 0 Å². The molecule has 0 rings (SSSR count). The van der Waals surface area contributed by atoms with Crippen LogP contribution in [0, 0.1) is 5.92 Å². The molecule has 80 valence electrons. The molecule has 0 amide bonds. The lowest BCUT2D eigenvalue weighted by molar-refractivity contribution is 0.210. The van der Waals surface area contributed by atoms with Crippen LogP contribution in [0.2, 0.25) is 0 Å². The number of nitrogens with two attached hydrogens (primary N) is 1. The Labute approximate surface area is 82.5 Å². The summed E-state index contributed by atoms with van der Waals surface area (Å²) < 4.78 is 0. The summed E-state index contributed by atoms with van der Waals surface area (Å²) in [7, 11) is 0. The van der Waals surface area contributed by atoms with E-state index >= 15 is 0 Å². The van der Waals surface area contributed by atoms with E-state index in [2.05, 4.69) is 13.8 Å². The zero-order chi connectivity index (χ0) is 10.1. The molecule has 0 aliphatic carbocycles. The summed E-state index contributed by atoms with van der Waals surface area (Å²) in [5.74, 6) is 0.532. The second-order valence-electron chi connectivity index (χ2n) is 3.89. The molecule has 13 heavy (non-hydrogen) atoms. The molecular weight excluding hydrogens is 162 g/mol. The Balaban J connectivity index is 3.72. The van der Waals surface area contributed by atoms with Crippen molar-refractivity contribution in [2.75, 3.05) is 6.61 Å². The van der Waals surface area contributed by atoms with Crippen LogP contribution in [0.5, 0.6) is 0 Å². The van der Waals surface area contributed by atoms with E-state index in [1.54, 1.807) is 0 Å². The lowest BCUT2D eigenvalue weighted by Gasteiger charge is -2.21. The monoisotopic (exact) mass is 187 g/mol. The molecule has 2 nitrogen and oxygen atoms in total. The van der Waals surface area contributed by atoms with Gasteiger partial charge in [-0.2, -0.15) is 0 Å². The fourth-order valence-corrected chi connectivity index (χ4v) is 1.65. The van der Waals surface area contributed by atoms with Crippen molar-refractivity contribution in [1.29, 1.82) is 0 Å². The molecular formula is C11H25NO. The molecule has 0 bridgehead atoms. The summed E-state index contributed by atoms with van der Waals surface area (Å²) >= 11 is 0. The number of rotatable bonds is 8. The molecule has 0 aromatic carbocycles. The number of aliphatic hydroxyl groups is 1. The van der Waals surface area contributed by atoms with Gasteiger partial charge >= 0.3 is 0 Å². The second kappa shape index (κ2) is 8.52. The van der Waals surface area contributed by atoms with E-state index < -0.39 is 0 Å². The van der Waals surface area contributed by atoms with Crippen LogP contribution in [0.3, 0.4) is 0 Å². The largest absolute Gasteiger partial charge is 0.395 e. The van der Waals surface area contributed by atoms with Crippen LogP contribution >= 0.6 is 0 Å². The Kier molecular flexibility index (Phi) is 8.46. The highest BCUT2D eigenvalue weighted by Crippen LogP contribution is 2.18. The van der Waals surface area contributed by atoms with Gasteiger partial charge < -0.3 is 10.8 Å². The van der Waals surface area contributed by atoms with E-state index in [0.717, 1.165) is 0 Å². The molecule has 0 spiro atoms. The first-order valence-corrected chi connectivity index (χ1v) is 5.62. The van der Waals surface area contributed by atoms with Crippen molar-refractivity contribution in [1.82, 2.24) is 0 Å². The van der Waals surface area contributed by atoms with Crippen molar-refractivity contribution in [2.24, 2.45) is 11.7 Å². The SMILES string of the molecule is CCCCC(CCCC)[C@H](N)CO. The summed E-state index contributed by atoms with van der Waals surface area (Å²) in [4.78, 5) is 0. The van der Waals surface area contributed by atoms with Crippen molar-refractivity contribution in [2.45, 2.75) is 58.4 Å². The smallest absolute Gasteiger partial charge is 0.0585 e. The number of unbranched alkanes of at least 4 members (excludes halogenated alkanes) is 2. The molecule has 0 heterocycles. The number of aliphatic hydroxyl groups excluding tert-OH is 1. The molecule has 0 unspecified atom stereocenters. The average Bonchev–Trinajstić information content (AvgIpc) is 2.17. The zero-order valence-electron chi connectivity index (χ0n) is 9.13. The molecule has 0 fully saturated rings. The van der Waals surface area contributed by atoms with E-state index in [4.69, 9.17) is 10.8 Å². The average molecular weight is 187 g/mol. The van der Waals surface area contributed by atoms with E-state index in [0.29, 0.717) is 5.92 Å². The maximum atomic E-state index is 8.98. The van der Waals surface area contributed by atoms with Gasteiger partial charge in [-0.15, -0.1) is 0 Å². The summed E-state index contributed by atoms with van der Waals surface area (Å²) in [5.41, 5.74) is 5.85.